The lowest BCUT2D eigenvalue weighted by Gasteiger charge is -2.10. The van der Waals surface area contributed by atoms with Crippen LogP contribution < -0.4 is 5.32 Å². The summed E-state index contributed by atoms with van der Waals surface area (Å²) in [6.07, 6.45) is 2.53. The summed E-state index contributed by atoms with van der Waals surface area (Å²) in [7, 11) is 0. The quantitative estimate of drug-likeness (QED) is 0.844. The maximum Gasteiger partial charge on any atom is 0.123 e. The molecule has 104 valence electrons. The molecule has 0 saturated heterocycles. The van der Waals surface area contributed by atoms with Gasteiger partial charge in [0.25, 0.3) is 0 Å². The highest BCUT2D eigenvalue weighted by molar-refractivity contribution is 7.99. The van der Waals surface area contributed by atoms with Crippen molar-refractivity contribution in [3.05, 3.63) is 58.9 Å². The van der Waals surface area contributed by atoms with Crippen LogP contribution in [0.25, 0.3) is 0 Å². The maximum absolute atomic E-state index is 12.9. The number of nitrogens with one attached hydrogen (secondary N) is 1. The van der Waals surface area contributed by atoms with Gasteiger partial charge >= 0.3 is 0 Å². The molecule has 1 aliphatic carbocycles. The second kappa shape index (κ2) is 6.17. The molecule has 1 fully saturated rings. The normalized spacial score (nSPS) is 14.5. The van der Waals surface area contributed by atoms with E-state index in [0.29, 0.717) is 6.04 Å². The molecule has 4 heteroatoms. The third-order valence-electron chi connectivity index (χ3n) is 3.22. The molecular weight excluding hydrogens is 293 g/mol. The molecule has 0 aliphatic heterocycles. The molecule has 1 aliphatic rings. The van der Waals surface area contributed by atoms with Crippen molar-refractivity contribution < 1.29 is 4.39 Å². The van der Waals surface area contributed by atoms with Crippen molar-refractivity contribution in [2.75, 3.05) is 0 Å². The van der Waals surface area contributed by atoms with Crippen LogP contribution in [0.2, 0.25) is 5.02 Å². The van der Waals surface area contributed by atoms with Crippen LogP contribution in [0.4, 0.5) is 4.39 Å². The number of hydrogen-bond donors (Lipinski definition) is 1. The van der Waals surface area contributed by atoms with Gasteiger partial charge < -0.3 is 5.32 Å². The molecule has 0 amide bonds. The average Bonchev–Trinajstić information content (AvgIpc) is 3.25. The molecule has 2 aromatic carbocycles. The van der Waals surface area contributed by atoms with Crippen LogP contribution in [-0.2, 0) is 6.54 Å². The van der Waals surface area contributed by atoms with Crippen LogP contribution >= 0.6 is 23.4 Å². The van der Waals surface area contributed by atoms with Gasteiger partial charge in [0.2, 0.25) is 0 Å². The first-order valence-electron chi connectivity index (χ1n) is 6.66. The van der Waals surface area contributed by atoms with Crippen LogP contribution in [0.3, 0.4) is 0 Å². The fourth-order valence-electron chi connectivity index (χ4n) is 1.96. The van der Waals surface area contributed by atoms with Crippen LogP contribution in [0.1, 0.15) is 18.4 Å². The highest BCUT2D eigenvalue weighted by Gasteiger charge is 2.20. The van der Waals surface area contributed by atoms with Gasteiger partial charge in [-0.25, -0.2) is 4.39 Å². The van der Waals surface area contributed by atoms with Crippen molar-refractivity contribution in [2.24, 2.45) is 0 Å². The lowest BCUT2D eigenvalue weighted by molar-refractivity contribution is 0.626. The summed E-state index contributed by atoms with van der Waals surface area (Å²) in [6, 6.07) is 13.2. The van der Waals surface area contributed by atoms with E-state index in [1.54, 1.807) is 23.9 Å². The summed E-state index contributed by atoms with van der Waals surface area (Å²) in [4.78, 5) is 2.19. The Labute approximate surface area is 127 Å². The Morgan fingerprint density at radius 2 is 1.90 bits per heavy atom. The predicted octanol–water partition coefficient (Wildman–Crippen LogP) is 4.88. The second-order valence-corrected chi connectivity index (χ2v) is 6.51. The van der Waals surface area contributed by atoms with E-state index in [9.17, 15) is 4.39 Å². The van der Waals surface area contributed by atoms with Gasteiger partial charge in [0.15, 0.2) is 0 Å². The van der Waals surface area contributed by atoms with Crippen LogP contribution in [0, 0.1) is 5.82 Å². The molecule has 3 rings (SSSR count). The minimum absolute atomic E-state index is 0.207. The van der Waals surface area contributed by atoms with E-state index >= 15 is 0 Å². The summed E-state index contributed by atoms with van der Waals surface area (Å²) in [6.45, 7) is 0.828. The molecule has 0 radical (unpaired) electrons. The van der Waals surface area contributed by atoms with Gasteiger partial charge in [0.1, 0.15) is 5.82 Å². The summed E-state index contributed by atoms with van der Waals surface area (Å²) >= 11 is 7.72. The van der Waals surface area contributed by atoms with Crippen molar-refractivity contribution in [1.82, 2.24) is 5.32 Å². The molecule has 0 spiro atoms. The third kappa shape index (κ3) is 3.75. The predicted molar refractivity (Wildman–Crippen MR) is 81.8 cm³/mol. The molecule has 0 heterocycles. The summed E-state index contributed by atoms with van der Waals surface area (Å²) < 4.78 is 12.9. The summed E-state index contributed by atoms with van der Waals surface area (Å²) in [5, 5.41) is 4.25. The second-order valence-electron chi connectivity index (χ2n) is 4.96. The van der Waals surface area contributed by atoms with Gasteiger partial charge in [0.05, 0.1) is 0 Å². The Hall–Kier alpha value is -1.03. The number of hydrogen-bond acceptors (Lipinski definition) is 2. The topological polar surface area (TPSA) is 12.0 Å². The van der Waals surface area contributed by atoms with Crippen LogP contribution in [0.15, 0.2) is 52.3 Å². The molecule has 1 saturated carbocycles. The summed E-state index contributed by atoms with van der Waals surface area (Å²) in [5.74, 6) is -0.207. The first-order chi connectivity index (χ1) is 9.70. The molecule has 0 atom stereocenters. The smallest absolute Gasteiger partial charge is 0.123 e. The van der Waals surface area contributed by atoms with Crippen molar-refractivity contribution >= 4 is 23.4 Å². The standard InChI is InChI=1S/C16H15ClFNS/c17-12-1-8-16(11(9-12)10-19-14-4-5-14)20-15-6-2-13(18)3-7-15/h1-3,6-9,14,19H,4-5,10H2. The molecule has 20 heavy (non-hydrogen) atoms. The Bertz CT molecular complexity index is 596. The van der Waals surface area contributed by atoms with Crippen molar-refractivity contribution in [3.63, 3.8) is 0 Å². The lowest BCUT2D eigenvalue weighted by atomic mass is 10.2. The highest BCUT2D eigenvalue weighted by Crippen LogP contribution is 2.32. The fourth-order valence-corrected chi connectivity index (χ4v) is 3.08. The third-order valence-corrected chi connectivity index (χ3v) is 4.58. The highest BCUT2D eigenvalue weighted by atomic mass is 35.5. The fraction of sp³-hybridized carbons (Fsp3) is 0.250. The van der Waals surface area contributed by atoms with E-state index in [-0.39, 0.29) is 5.82 Å². The zero-order valence-corrected chi connectivity index (χ0v) is 12.5. The number of benzene rings is 2. The molecule has 2 aromatic rings. The van der Waals surface area contributed by atoms with Crippen molar-refractivity contribution in [3.8, 4) is 0 Å². The summed E-state index contributed by atoms with van der Waals surface area (Å²) in [5.41, 5.74) is 1.19. The Kier molecular flexibility index (Phi) is 4.29. The monoisotopic (exact) mass is 307 g/mol. The Morgan fingerprint density at radius 1 is 1.15 bits per heavy atom. The van der Waals surface area contributed by atoms with E-state index < -0.39 is 0 Å². The minimum Gasteiger partial charge on any atom is -0.310 e. The molecular formula is C16H15ClFNS. The maximum atomic E-state index is 12.9. The number of halogens is 2. The number of rotatable bonds is 5. The van der Waals surface area contributed by atoms with E-state index in [1.807, 2.05) is 18.2 Å². The Morgan fingerprint density at radius 3 is 2.60 bits per heavy atom. The SMILES string of the molecule is Fc1ccc(Sc2ccc(Cl)cc2CNC2CC2)cc1. The first-order valence-corrected chi connectivity index (χ1v) is 7.85. The van der Waals surface area contributed by atoms with Crippen LogP contribution in [0.5, 0.6) is 0 Å². The van der Waals surface area contributed by atoms with E-state index in [2.05, 4.69) is 5.32 Å². The van der Waals surface area contributed by atoms with Crippen molar-refractivity contribution in [1.29, 1.82) is 0 Å². The average molecular weight is 308 g/mol. The van der Waals surface area contributed by atoms with Crippen LogP contribution in [-0.4, -0.2) is 6.04 Å². The van der Waals surface area contributed by atoms with Gasteiger partial charge in [-0.15, -0.1) is 0 Å². The zero-order chi connectivity index (χ0) is 13.9. The first kappa shape index (κ1) is 13.9. The van der Waals surface area contributed by atoms with Gasteiger partial charge in [-0.2, -0.15) is 0 Å². The largest absolute Gasteiger partial charge is 0.310 e. The zero-order valence-electron chi connectivity index (χ0n) is 10.9. The van der Waals surface area contributed by atoms with E-state index in [4.69, 9.17) is 11.6 Å². The van der Waals surface area contributed by atoms with Gasteiger partial charge in [-0.3, -0.25) is 0 Å². The van der Waals surface area contributed by atoms with Crippen molar-refractivity contribution in [2.45, 2.75) is 35.2 Å². The Balaban J connectivity index is 1.77. The molecule has 0 bridgehead atoms. The van der Waals surface area contributed by atoms with Gasteiger partial charge in [-0.1, -0.05) is 23.4 Å². The minimum atomic E-state index is -0.207. The van der Waals surface area contributed by atoms with E-state index in [1.165, 1.54) is 30.5 Å². The molecule has 0 unspecified atom stereocenters. The molecule has 1 N–H and O–H groups in total. The molecule has 1 nitrogen and oxygen atoms in total. The van der Waals surface area contributed by atoms with Gasteiger partial charge in [0, 0.05) is 27.4 Å². The van der Waals surface area contributed by atoms with E-state index in [0.717, 1.165) is 21.4 Å². The molecule has 0 aromatic heterocycles. The van der Waals surface area contributed by atoms with Gasteiger partial charge in [-0.05, 0) is 60.9 Å². The lowest BCUT2D eigenvalue weighted by Crippen LogP contribution is -2.15.